The highest BCUT2D eigenvalue weighted by Gasteiger charge is 2.26. The maximum atomic E-state index is 14.3. The van der Waals surface area contributed by atoms with Crippen LogP contribution in [0.2, 0.25) is 0 Å². The number of carbonyl (C=O) groups excluding carboxylic acids is 1. The second-order valence-electron chi connectivity index (χ2n) is 6.17. The van der Waals surface area contributed by atoms with Crippen molar-refractivity contribution in [3.63, 3.8) is 0 Å². The Morgan fingerprint density at radius 3 is 2.58 bits per heavy atom. The largest absolute Gasteiger partial charge is 0.462 e. The van der Waals surface area contributed by atoms with Gasteiger partial charge in [0.15, 0.2) is 6.29 Å². The lowest BCUT2D eigenvalue weighted by Gasteiger charge is -2.30. The van der Waals surface area contributed by atoms with Gasteiger partial charge >= 0.3 is 5.97 Å². The van der Waals surface area contributed by atoms with Crippen LogP contribution in [0.5, 0.6) is 0 Å². The molecule has 1 aliphatic rings. The third kappa shape index (κ3) is 5.28. The minimum absolute atomic E-state index is 0.197. The summed E-state index contributed by atoms with van der Waals surface area (Å²) >= 11 is 0. The smallest absolute Gasteiger partial charge is 0.338 e. The van der Waals surface area contributed by atoms with E-state index in [1.165, 1.54) is 37.8 Å². The Kier molecular flexibility index (Phi) is 7.66. The first-order valence-electron chi connectivity index (χ1n) is 8.85. The number of ether oxygens (including phenoxy) is 3. The first kappa shape index (κ1) is 18.9. The average molecular weight is 338 g/mol. The molecule has 1 saturated heterocycles. The van der Waals surface area contributed by atoms with Crippen LogP contribution in [0.4, 0.5) is 4.39 Å². The van der Waals surface area contributed by atoms with Gasteiger partial charge in [-0.25, -0.2) is 9.18 Å². The molecule has 0 amide bonds. The molecular weight excluding hydrogens is 311 g/mol. The zero-order valence-corrected chi connectivity index (χ0v) is 14.6. The zero-order valence-electron chi connectivity index (χ0n) is 14.6. The van der Waals surface area contributed by atoms with Gasteiger partial charge in [-0.1, -0.05) is 38.7 Å². The van der Waals surface area contributed by atoms with Gasteiger partial charge in [0.25, 0.3) is 0 Å². The number of halogens is 1. The van der Waals surface area contributed by atoms with E-state index in [0.717, 1.165) is 6.42 Å². The molecule has 0 atom stereocenters. The lowest BCUT2D eigenvalue weighted by Crippen LogP contribution is -2.27. The molecule has 0 unspecified atom stereocenters. The molecule has 1 aliphatic heterocycles. The van der Waals surface area contributed by atoms with E-state index in [9.17, 15) is 9.18 Å². The standard InChI is InChI=1S/C19H27FO4/c1-3-5-6-7-8-14-12-23-19(24-13-14)16-10-9-15(11-17(16)20)18(21)22-4-2/h9-11,14,19H,3-8,12-13H2,1-2H3. The van der Waals surface area contributed by atoms with E-state index in [-0.39, 0.29) is 12.2 Å². The van der Waals surface area contributed by atoms with Crippen molar-refractivity contribution in [2.24, 2.45) is 5.92 Å². The van der Waals surface area contributed by atoms with Crippen molar-refractivity contribution < 1.29 is 23.4 Å². The SMILES string of the molecule is CCCCCCC1COC(c2ccc(C(=O)OCC)cc2F)OC1. The van der Waals surface area contributed by atoms with E-state index < -0.39 is 18.1 Å². The molecule has 2 rings (SSSR count). The number of unbranched alkanes of at least 4 members (excludes halogenated alkanes) is 3. The first-order chi connectivity index (χ1) is 11.7. The summed E-state index contributed by atoms with van der Waals surface area (Å²) in [5.74, 6) is -0.660. The zero-order chi connectivity index (χ0) is 17.4. The number of hydrogen-bond donors (Lipinski definition) is 0. The van der Waals surface area contributed by atoms with E-state index in [2.05, 4.69) is 6.92 Å². The molecule has 0 N–H and O–H groups in total. The van der Waals surface area contributed by atoms with Crippen molar-refractivity contribution in [3.05, 3.63) is 35.1 Å². The fourth-order valence-electron chi connectivity index (χ4n) is 2.81. The van der Waals surface area contributed by atoms with Crippen LogP contribution in [-0.4, -0.2) is 25.8 Å². The van der Waals surface area contributed by atoms with Crippen LogP contribution in [0.25, 0.3) is 0 Å². The summed E-state index contributed by atoms with van der Waals surface area (Å²) in [6, 6.07) is 4.25. The summed E-state index contributed by atoms with van der Waals surface area (Å²) in [4.78, 5) is 11.6. The van der Waals surface area contributed by atoms with Crippen molar-refractivity contribution in [2.45, 2.75) is 52.2 Å². The Morgan fingerprint density at radius 2 is 1.96 bits per heavy atom. The summed E-state index contributed by atoms with van der Waals surface area (Å²) in [5.41, 5.74) is 0.523. The summed E-state index contributed by atoms with van der Waals surface area (Å²) in [7, 11) is 0. The van der Waals surface area contributed by atoms with Gasteiger partial charge < -0.3 is 14.2 Å². The van der Waals surface area contributed by atoms with Crippen molar-refractivity contribution >= 4 is 5.97 Å². The Bertz CT molecular complexity index is 524. The van der Waals surface area contributed by atoms with Crippen LogP contribution in [0.15, 0.2) is 18.2 Å². The molecule has 134 valence electrons. The van der Waals surface area contributed by atoms with Gasteiger partial charge in [0.05, 0.1) is 25.4 Å². The average Bonchev–Trinajstić information content (AvgIpc) is 2.59. The van der Waals surface area contributed by atoms with Crippen LogP contribution in [0.3, 0.4) is 0 Å². The number of carbonyl (C=O) groups is 1. The van der Waals surface area contributed by atoms with Crippen LogP contribution in [-0.2, 0) is 14.2 Å². The molecule has 1 heterocycles. The molecular formula is C19H27FO4. The van der Waals surface area contributed by atoms with Crippen molar-refractivity contribution in [3.8, 4) is 0 Å². The number of rotatable bonds is 8. The van der Waals surface area contributed by atoms with Gasteiger partial charge in [-0.15, -0.1) is 0 Å². The summed E-state index contributed by atoms with van der Waals surface area (Å²) in [6.45, 7) is 5.33. The van der Waals surface area contributed by atoms with Crippen LogP contribution in [0, 0.1) is 11.7 Å². The molecule has 0 spiro atoms. The van der Waals surface area contributed by atoms with Crippen LogP contribution < -0.4 is 0 Å². The lowest BCUT2D eigenvalue weighted by atomic mass is 10.0. The van der Waals surface area contributed by atoms with E-state index >= 15 is 0 Å². The van der Waals surface area contributed by atoms with Crippen LogP contribution in [0.1, 0.15) is 68.2 Å². The Balaban J connectivity index is 1.86. The summed E-state index contributed by atoms with van der Waals surface area (Å²) < 4.78 is 30.5. The van der Waals surface area contributed by atoms with Crippen LogP contribution >= 0.6 is 0 Å². The quantitative estimate of drug-likeness (QED) is 0.512. The molecule has 0 aliphatic carbocycles. The molecule has 1 aromatic rings. The van der Waals surface area contributed by atoms with Gasteiger partial charge in [0.2, 0.25) is 0 Å². The topological polar surface area (TPSA) is 44.8 Å². The lowest BCUT2D eigenvalue weighted by molar-refractivity contribution is -0.207. The molecule has 0 radical (unpaired) electrons. The van der Waals surface area contributed by atoms with Gasteiger partial charge in [-0.05, 0) is 25.5 Å². The Labute approximate surface area is 143 Å². The Morgan fingerprint density at radius 1 is 1.21 bits per heavy atom. The molecule has 1 fully saturated rings. The summed E-state index contributed by atoms with van der Waals surface area (Å²) in [5, 5.41) is 0. The predicted molar refractivity (Wildman–Crippen MR) is 89.3 cm³/mol. The molecule has 0 bridgehead atoms. The third-order valence-corrected chi connectivity index (χ3v) is 4.20. The molecule has 0 saturated carbocycles. The number of benzene rings is 1. The fraction of sp³-hybridized carbons (Fsp3) is 0.632. The second kappa shape index (κ2) is 9.74. The monoisotopic (exact) mass is 338 g/mol. The predicted octanol–water partition coefficient (Wildman–Crippen LogP) is 4.63. The molecule has 1 aromatic carbocycles. The third-order valence-electron chi connectivity index (χ3n) is 4.20. The minimum Gasteiger partial charge on any atom is -0.462 e. The normalized spacial score (nSPS) is 20.8. The molecule has 4 nitrogen and oxygen atoms in total. The van der Waals surface area contributed by atoms with E-state index in [1.54, 1.807) is 13.0 Å². The van der Waals surface area contributed by atoms with Crippen molar-refractivity contribution in [1.82, 2.24) is 0 Å². The maximum absolute atomic E-state index is 14.3. The second-order valence-corrected chi connectivity index (χ2v) is 6.17. The number of esters is 1. The van der Waals surface area contributed by atoms with E-state index in [0.29, 0.717) is 24.7 Å². The first-order valence-corrected chi connectivity index (χ1v) is 8.85. The highest BCUT2D eigenvalue weighted by Crippen LogP contribution is 2.29. The molecule has 5 heteroatoms. The van der Waals surface area contributed by atoms with Crippen molar-refractivity contribution in [2.75, 3.05) is 19.8 Å². The highest BCUT2D eigenvalue weighted by atomic mass is 19.1. The highest BCUT2D eigenvalue weighted by molar-refractivity contribution is 5.89. The maximum Gasteiger partial charge on any atom is 0.338 e. The van der Waals surface area contributed by atoms with Gasteiger partial charge in [0, 0.05) is 11.5 Å². The fourth-order valence-corrected chi connectivity index (χ4v) is 2.81. The van der Waals surface area contributed by atoms with E-state index in [1.807, 2.05) is 0 Å². The van der Waals surface area contributed by atoms with Gasteiger partial charge in [0.1, 0.15) is 5.82 Å². The van der Waals surface area contributed by atoms with E-state index in [4.69, 9.17) is 14.2 Å². The Hall–Kier alpha value is -1.46. The number of hydrogen-bond acceptors (Lipinski definition) is 4. The molecule has 0 aromatic heterocycles. The minimum atomic E-state index is -0.701. The molecule has 24 heavy (non-hydrogen) atoms. The van der Waals surface area contributed by atoms with Gasteiger partial charge in [-0.3, -0.25) is 0 Å². The van der Waals surface area contributed by atoms with Gasteiger partial charge in [-0.2, -0.15) is 0 Å². The van der Waals surface area contributed by atoms with Crippen molar-refractivity contribution in [1.29, 1.82) is 0 Å². The summed E-state index contributed by atoms with van der Waals surface area (Å²) in [6.07, 6.45) is 5.28.